The monoisotopic (exact) mass is 348 g/mol. The summed E-state index contributed by atoms with van der Waals surface area (Å²) in [6, 6.07) is 3.01. The van der Waals surface area contributed by atoms with Crippen molar-refractivity contribution in [3.63, 3.8) is 0 Å². The molecule has 0 saturated carbocycles. The van der Waals surface area contributed by atoms with Gasteiger partial charge in [-0.1, -0.05) is 0 Å². The molecule has 0 aliphatic carbocycles. The molecule has 8 nitrogen and oxygen atoms in total. The average Bonchev–Trinajstić information content (AvgIpc) is 3.17. The fourth-order valence-electron chi connectivity index (χ4n) is 2.91. The standard InChI is InChI=1S/C16H17FN4O4/c1-9-12(8-18-20(9)2)15-11(5-6-25-15)16(22)19-14-7-10(21(23)24)3-4-13(14)17/h3-4,7-8,11,15H,5-6H2,1-2H3,(H,19,22)/t11-,15-/m0/s1. The molecule has 1 amide bonds. The van der Waals surface area contributed by atoms with Gasteiger partial charge in [0.2, 0.25) is 5.91 Å². The van der Waals surface area contributed by atoms with Crippen LogP contribution >= 0.6 is 0 Å². The minimum Gasteiger partial charge on any atom is -0.373 e. The van der Waals surface area contributed by atoms with E-state index in [9.17, 15) is 19.3 Å². The number of anilines is 1. The molecule has 1 aromatic heterocycles. The minimum atomic E-state index is -0.730. The number of nitro groups is 1. The van der Waals surface area contributed by atoms with Crippen LogP contribution in [0.25, 0.3) is 0 Å². The molecule has 0 spiro atoms. The van der Waals surface area contributed by atoms with Gasteiger partial charge < -0.3 is 10.1 Å². The number of carbonyl (C=O) groups is 1. The number of non-ortho nitro benzene ring substituents is 1. The van der Waals surface area contributed by atoms with Gasteiger partial charge in [0.15, 0.2) is 0 Å². The number of nitro benzene ring substituents is 1. The summed E-state index contributed by atoms with van der Waals surface area (Å²) in [6.07, 6.45) is 1.65. The van der Waals surface area contributed by atoms with Gasteiger partial charge >= 0.3 is 0 Å². The van der Waals surface area contributed by atoms with E-state index in [1.165, 1.54) is 0 Å². The molecule has 3 rings (SSSR count). The predicted molar refractivity (Wildman–Crippen MR) is 86.4 cm³/mol. The van der Waals surface area contributed by atoms with Gasteiger partial charge in [-0.3, -0.25) is 19.6 Å². The van der Waals surface area contributed by atoms with Gasteiger partial charge in [0.1, 0.15) is 5.82 Å². The molecule has 2 atom stereocenters. The van der Waals surface area contributed by atoms with Crippen molar-refractivity contribution in [2.45, 2.75) is 19.4 Å². The van der Waals surface area contributed by atoms with Crippen LogP contribution in [0.3, 0.4) is 0 Å². The van der Waals surface area contributed by atoms with Gasteiger partial charge in [-0.2, -0.15) is 5.10 Å². The Labute approximate surface area is 142 Å². The molecule has 1 aromatic carbocycles. The first kappa shape index (κ1) is 17.0. The summed E-state index contributed by atoms with van der Waals surface area (Å²) in [6.45, 7) is 2.27. The van der Waals surface area contributed by atoms with Crippen molar-refractivity contribution in [3.05, 3.63) is 51.6 Å². The topological polar surface area (TPSA) is 99.3 Å². The van der Waals surface area contributed by atoms with Gasteiger partial charge in [-0.25, -0.2) is 4.39 Å². The van der Waals surface area contributed by atoms with Crippen LogP contribution in [-0.4, -0.2) is 27.2 Å². The van der Waals surface area contributed by atoms with E-state index in [0.29, 0.717) is 13.0 Å². The van der Waals surface area contributed by atoms with Crippen LogP contribution in [0.4, 0.5) is 15.8 Å². The minimum absolute atomic E-state index is 0.215. The maximum absolute atomic E-state index is 13.9. The summed E-state index contributed by atoms with van der Waals surface area (Å²) in [5.74, 6) is -1.70. The lowest BCUT2D eigenvalue weighted by Crippen LogP contribution is -2.26. The summed E-state index contributed by atoms with van der Waals surface area (Å²) in [4.78, 5) is 22.8. The second-order valence-corrected chi connectivity index (χ2v) is 5.91. The number of rotatable bonds is 4. The number of ether oxygens (including phenoxy) is 1. The zero-order valence-corrected chi connectivity index (χ0v) is 13.7. The van der Waals surface area contributed by atoms with Gasteiger partial charge in [0.25, 0.3) is 5.69 Å². The third kappa shape index (κ3) is 3.22. The van der Waals surface area contributed by atoms with Crippen LogP contribution in [0.15, 0.2) is 24.4 Å². The van der Waals surface area contributed by atoms with Crippen molar-refractivity contribution < 1.29 is 18.8 Å². The molecule has 1 saturated heterocycles. The molecule has 2 aromatic rings. The van der Waals surface area contributed by atoms with E-state index in [-0.39, 0.29) is 11.4 Å². The number of hydrogen-bond donors (Lipinski definition) is 1. The highest BCUT2D eigenvalue weighted by atomic mass is 19.1. The number of nitrogens with one attached hydrogen (secondary N) is 1. The molecular formula is C16H17FN4O4. The Morgan fingerprint density at radius 3 is 2.92 bits per heavy atom. The molecule has 2 heterocycles. The summed E-state index contributed by atoms with van der Waals surface area (Å²) in [7, 11) is 1.79. The Balaban J connectivity index is 1.82. The molecule has 1 aliphatic heterocycles. The summed E-state index contributed by atoms with van der Waals surface area (Å²) in [5, 5.41) is 17.4. The zero-order chi connectivity index (χ0) is 18.1. The highest BCUT2D eigenvalue weighted by molar-refractivity contribution is 5.93. The number of amides is 1. The number of carbonyl (C=O) groups excluding carboxylic acids is 1. The Bertz CT molecular complexity index is 836. The second-order valence-electron chi connectivity index (χ2n) is 5.91. The lowest BCUT2D eigenvalue weighted by atomic mass is 9.95. The Kier molecular flexibility index (Phi) is 4.49. The van der Waals surface area contributed by atoms with E-state index in [2.05, 4.69) is 10.4 Å². The highest BCUT2D eigenvalue weighted by Crippen LogP contribution is 2.37. The number of aryl methyl sites for hydroxylation is 1. The third-order valence-corrected chi connectivity index (χ3v) is 4.43. The van der Waals surface area contributed by atoms with Gasteiger partial charge in [0, 0.05) is 37.0 Å². The Morgan fingerprint density at radius 2 is 2.28 bits per heavy atom. The van der Waals surface area contributed by atoms with E-state index in [4.69, 9.17) is 4.74 Å². The molecule has 1 N–H and O–H groups in total. The highest BCUT2D eigenvalue weighted by Gasteiger charge is 2.37. The van der Waals surface area contributed by atoms with Crippen LogP contribution < -0.4 is 5.32 Å². The molecule has 25 heavy (non-hydrogen) atoms. The molecule has 9 heteroatoms. The molecule has 0 unspecified atom stereocenters. The summed E-state index contributed by atoms with van der Waals surface area (Å²) in [5.41, 5.74) is 1.18. The first-order valence-electron chi connectivity index (χ1n) is 7.73. The zero-order valence-electron chi connectivity index (χ0n) is 13.7. The van der Waals surface area contributed by atoms with Crippen molar-refractivity contribution in [2.24, 2.45) is 13.0 Å². The third-order valence-electron chi connectivity index (χ3n) is 4.43. The largest absolute Gasteiger partial charge is 0.373 e. The van der Waals surface area contributed by atoms with Gasteiger partial charge in [-0.05, 0) is 19.4 Å². The van der Waals surface area contributed by atoms with E-state index in [1.54, 1.807) is 17.9 Å². The van der Waals surface area contributed by atoms with Crippen LogP contribution in [0.2, 0.25) is 0 Å². The SMILES string of the molecule is Cc1c([C@H]2OCC[C@@H]2C(=O)Nc2cc([N+](=O)[O-])ccc2F)cnn1C. The van der Waals surface area contributed by atoms with Crippen molar-refractivity contribution in [2.75, 3.05) is 11.9 Å². The second kappa shape index (κ2) is 6.60. The van der Waals surface area contributed by atoms with Gasteiger partial charge in [-0.15, -0.1) is 0 Å². The maximum atomic E-state index is 13.9. The van der Waals surface area contributed by atoms with Crippen molar-refractivity contribution in [3.8, 4) is 0 Å². The number of benzene rings is 1. The fourth-order valence-corrected chi connectivity index (χ4v) is 2.91. The van der Waals surface area contributed by atoms with Crippen LogP contribution in [-0.2, 0) is 16.6 Å². The average molecular weight is 348 g/mol. The number of halogens is 1. The summed E-state index contributed by atoms with van der Waals surface area (Å²) < 4.78 is 21.3. The van der Waals surface area contributed by atoms with Crippen molar-refractivity contribution in [1.82, 2.24) is 9.78 Å². The molecule has 132 valence electrons. The first-order chi connectivity index (χ1) is 11.9. The molecular weight excluding hydrogens is 331 g/mol. The fraction of sp³-hybridized carbons (Fsp3) is 0.375. The molecule has 0 bridgehead atoms. The Hall–Kier alpha value is -2.81. The van der Waals surface area contributed by atoms with E-state index in [1.807, 2.05) is 6.92 Å². The molecule has 0 radical (unpaired) electrons. The number of hydrogen-bond acceptors (Lipinski definition) is 5. The van der Waals surface area contributed by atoms with Crippen LogP contribution in [0.1, 0.15) is 23.8 Å². The van der Waals surface area contributed by atoms with Crippen molar-refractivity contribution in [1.29, 1.82) is 0 Å². The quantitative estimate of drug-likeness (QED) is 0.676. The number of nitrogens with zero attached hydrogens (tertiary/aromatic N) is 3. The predicted octanol–water partition coefficient (Wildman–Crippen LogP) is 2.49. The van der Waals surface area contributed by atoms with E-state index < -0.39 is 28.7 Å². The maximum Gasteiger partial charge on any atom is 0.271 e. The van der Waals surface area contributed by atoms with Crippen LogP contribution in [0, 0.1) is 28.8 Å². The smallest absolute Gasteiger partial charge is 0.271 e. The lowest BCUT2D eigenvalue weighted by molar-refractivity contribution is -0.384. The summed E-state index contributed by atoms with van der Waals surface area (Å²) >= 11 is 0. The van der Waals surface area contributed by atoms with Crippen LogP contribution in [0.5, 0.6) is 0 Å². The van der Waals surface area contributed by atoms with E-state index in [0.717, 1.165) is 29.5 Å². The van der Waals surface area contributed by atoms with Gasteiger partial charge in [0.05, 0.1) is 28.8 Å². The van der Waals surface area contributed by atoms with E-state index >= 15 is 0 Å². The number of aromatic nitrogens is 2. The normalized spacial score (nSPS) is 19.8. The molecule has 1 aliphatic rings. The Morgan fingerprint density at radius 1 is 1.52 bits per heavy atom. The first-order valence-corrected chi connectivity index (χ1v) is 7.73. The van der Waals surface area contributed by atoms with Crippen molar-refractivity contribution >= 4 is 17.3 Å². The lowest BCUT2D eigenvalue weighted by Gasteiger charge is -2.18. The molecule has 1 fully saturated rings.